The van der Waals surface area contributed by atoms with Gasteiger partial charge in [0.2, 0.25) is 0 Å². The van der Waals surface area contributed by atoms with Crippen LogP contribution < -0.4 is 5.32 Å². The standard InChI is InChI=1S/C12H7BrClN3/c13-9-4-5-10(8(6-9)7-15)16-12-3-1-2-11(14)17-12/h1-6H,(H,16,17). The van der Waals surface area contributed by atoms with Crippen molar-refractivity contribution in [2.75, 3.05) is 5.32 Å². The third-order valence-electron chi connectivity index (χ3n) is 2.08. The molecule has 0 fully saturated rings. The largest absolute Gasteiger partial charge is 0.339 e. The van der Waals surface area contributed by atoms with Crippen LogP contribution in [-0.2, 0) is 0 Å². The summed E-state index contributed by atoms with van der Waals surface area (Å²) in [6, 6.07) is 12.8. The number of halogens is 2. The number of hydrogen-bond donors (Lipinski definition) is 1. The predicted octanol–water partition coefficient (Wildman–Crippen LogP) is 4.11. The van der Waals surface area contributed by atoms with E-state index in [9.17, 15) is 0 Å². The zero-order valence-electron chi connectivity index (χ0n) is 8.61. The Bertz CT molecular complexity index is 593. The first-order valence-electron chi connectivity index (χ1n) is 4.78. The van der Waals surface area contributed by atoms with Crippen molar-refractivity contribution in [3.05, 3.63) is 51.6 Å². The Morgan fingerprint density at radius 3 is 2.82 bits per heavy atom. The number of rotatable bonds is 2. The van der Waals surface area contributed by atoms with Crippen molar-refractivity contribution >= 4 is 39.0 Å². The van der Waals surface area contributed by atoms with E-state index in [0.717, 1.165) is 4.47 Å². The molecule has 0 saturated carbocycles. The molecule has 1 aromatic heterocycles. The second-order valence-electron chi connectivity index (χ2n) is 3.27. The van der Waals surface area contributed by atoms with E-state index in [1.165, 1.54) is 0 Å². The smallest absolute Gasteiger partial charge is 0.132 e. The first-order valence-corrected chi connectivity index (χ1v) is 5.95. The molecule has 1 aromatic carbocycles. The van der Waals surface area contributed by atoms with Crippen molar-refractivity contribution in [3.8, 4) is 6.07 Å². The molecule has 2 aromatic rings. The summed E-state index contributed by atoms with van der Waals surface area (Å²) in [5.74, 6) is 0.608. The normalized spacial score (nSPS) is 9.71. The number of nitriles is 1. The molecule has 0 spiro atoms. The van der Waals surface area contributed by atoms with Gasteiger partial charge in [0.05, 0.1) is 11.3 Å². The first kappa shape index (κ1) is 11.9. The minimum absolute atomic E-state index is 0.408. The number of anilines is 2. The van der Waals surface area contributed by atoms with Gasteiger partial charge in [-0.25, -0.2) is 4.98 Å². The van der Waals surface area contributed by atoms with Gasteiger partial charge >= 0.3 is 0 Å². The Morgan fingerprint density at radius 1 is 1.29 bits per heavy atom. The van der Waals surface area contributed by atoms with Gasteiger partial charge in [0.1, 0.15) is 17.0 Å². The maximum Gasteiger partial charge on any atom is 0.132 e. The van der Waals surface area contributed by atoms with Crippen LogP contribution in [0.25, 0.3) is 0 Å². The molecule has 0 aliphatic carbocycles. The van der Waals surface area contributed by atoms with Gasteiger partial charge in [-0.3, -0.25) is 0 Å². The highest BCUT2D eigenvalue weighted by Gasteiger charge is 2.04. The summed E-state index contributed by atoms with van der Waals surface area (Å²) < 4.78 is 0.860. The SMILES string of the molecule is N#Cc1cc(Br)ccc1Nc1cccc(Cl)n1. The molecule has 0 radical (unpaired) electrons. The van der Waals surface area contributed by atoms with E-state index in [2.05, 4.69) is 32.3 Å². The fraction of sp³-hybridized carbons (Fsp3) is 0. The van der Waals surface area contributed by atoms with Gasteiger partial charge in [0, 0.05) is 4.47 Å². The van der Waals surface area contributed by atoms with Gasteiger partial charge < -0.3 is 5.32 Å². The van der Waals surface area contributed by atoms with Crippen LogP contribution in [0.3, 0.4) is 0 Å². The lowest BCUT2D eigenvalue weighted by molar-refractivity contribution is 1.30. The molecule has 0 atom stereocenters. The Labute approximate surface area is 112 Å². The zero-order chi connectivity index (χ0) is 12.3. The summed E-state index contributed by atoms with van der Waals surface area (Å²) in [6.45, 7) is 0. The van der Waals surface area contributed by atoms with E-state index in [0.29, 0.717) is 22.2 Å². The number of nitrogens with one attached hydrogen (secondary N) is 1. The van der Waals surface area contributed by atoms with E-state index in [-0.39, 0.29) is 0 Å². The van der Waals surface area contributed by atoms with Crippen LogP contribution >= 0.6 is 27.5 Å². The van der Waals surface area contributed by atoms with Crippen LogP contribution in [0, 0.1) is 11.3 Å². The fourth-order valence-electron chi connectivity index (χ4n) is 1.33. The number of benzene rings is 1. The first-order chi connectivity index (χ1) is 8.19. The highest BCUT2D eigenvalue weighted by atomic mass is 79.9. The third kappa shape index (κ3) is 2.96. The molecular weight excluding hydrogens is 302 g/mol. The molecule has 17 heavy (non-hydrogen) atoms. The quantitative estimate of drug-likeness (QED) is 0.849. The van der Waals surface area contributed by atoms with E-state index >= 15 is 0 Å². The van der Waals surface area contributed by atoms with Crippen LogP contribution in [0.2, 0.25) is 5.15 Å². The van der Waals surface area contributed by atoms with Gasteiger partial charge in [0.15, 0.2) is 0 Å². The fourth-order valence-corrected chi connectivity index (χ4v) is 1.86. The van der Waals surface area contributed by atoms with Crippen LogP contribution in [0.15, 0.2) is 40.9 Å². The Morgan fingerprint density at radius 2 is 2.12 bits per heavy atom. The molecule has 0 aliphatic heterocycles. The van der Waals surface area contributed by atoms with Crippen molar-refractivity contribution in [2.45, 2.75) is 0 Å². The van der Waals surface area contributed by atoms with Crippen LogP contribution in [0.4, 0.5) is 11.5 Å². The number of hydrogen-bond acceptors (Lipinski definition) is 3. The van der Waals surface area contributed by atoms with Gasteiger partial charge in [-0.2, -0.15) is 5.26 Å². The maximum absolute atomic E-state index is 9.02. The summed E-state index contributed by atoms with van der Waals surface area (Å²) in [5.41, 5.74) is 1.24. The van der Waals surface area contributed by atoms with Crippen molar-refractivity contribution in [3.63, 3.8) is 0 Å². The minimum Gasteiger partial charge on any atom is -0.339 e. The molecular formula is C12H7BrClN3. The lowest BCUT2D eigenvalue weighted by atomic mass is 10.2. The van der Waals surface area contributed by atoms with Crippen molar-refractivity contribution in [1.82, 2.24) is 4.98 Å². The predicted molar refractivity (Wildman–Crippen MR) is 71.4 cm³/mol. The van der Waals surface area contributed by atoms with Gasteiger partial charge in [-0.15, -0.1) is 0 Å². The number of aromatic nitrogens is 1. The summed E-state index contributed by atoms with van der Waals surface area (Å²) in [6.07, 6.45) is 0. The molecule has 5 heteroatoms. The summed E-state index contributed by atoms with van der Waals surface area (Å²) >= 11 is 9.10. The summed E-state index contributed by atoms with van der Waals surface area (Å²) in [5, 5.41) is 12.5. The maximum atomic E-state index is 9.02. The lowest BCUT2D eigenvalue weighted by Gasteiger charge is -2.07. The highest BCUT2D eigenvalue weighted by Crippen LogP contribution is 2.23. The zero-order valence-corrected chi connectivity index (χ0v) is 11.0. The van der Waals surface area contributed by atoms with E-state index in [1.807, 2.05) is 12.1 Å². The summed E-state index contributed by atoms with van der Waals surface area (Å²) in [4.78, 5) is 4.10. The van der Waals surface area contributed by atoms with E-state index in [4.69, 9.17) is 16.9 Å². The average molecular weight is 309 g/mol. The average Bonchev–Trinajstić information content (AvgIpc) is 2.31. The highest BCUT2D eigenvalue weighted by molar-refractivity contribution is 9.10. The molecule has 1 N–H and O–H groups in total. The number of pyridine rings is 1. The molecule has 3 nitrogen and oxygen atoms in total. The van der Waals surface area contributed by atoms with Crippen LogP contribution in [-0.4, -0.2) is 4.98 Å². The molecule has 0 aliphatic rings. The van der Waals surface area contributed by atoms with E-state index in [1.54, 1.807) is 24.3 Å². The van der Waals surface area contributed by atoms with E-state index < -0.39 is 0 Å². The minimum atomic E-state index is 0.408. The topological polar surface area (TPSA) is 48.7 Å². The van der Waals surface area contributed by atoms with Crippen molar-refractivity contribution < 1.29 is 0 Å². The summed E-state index contributed by atoms with van der Waals surface area (Å²) in [7, 11) is 0. The molecule has 0 unspecified atom stereocenters. The van der Waals surface area contributed by atoms with Crippen LogP contribution in [0.1, 0.15) is 5.56 Å². The Kier molecular flexibility index (Phi) is 3.62. The molecule has 0 saturated heterocycles. The van der Waals surface area contributed by atoms with Crippen LogP contribution in [0.5, 0.6) is 0 Å². The molecule has 84 valence electrons. The second-order valence-corrected chi connectivity index (χ2v) is 4.58. The monoisotopic (exact) mass is 307 g/mol. The van der Waals surface area contributed by atoms with Crippen molar-refractivity contribution in [2.24, 2.45) is 0 Å². The second kappa shape index (κ2) is 5.17. The molecule has 1 heterocycles. The molecule has 2 rings (SSSR count). The molecule has 0 bridgehead atoms. The van der Waals surface area contributed by atoms with Gasteiger partial charge in [-0.05, 0) is 30.3 Å². The molecule has 0 amide bonds. The van der Waals surface area contributed by atoms with Gasteiger partial charge in [0.25, 0.3) is 0 Å². The number of nitrogens with zero attached hydrogens (tertiary/aromatic N) is 2. The van der Waals surface area contributed by atoms with Crippen molar-refractivity contribution in [1.29, 1.82) is 5.26 Å². The lowest BCUT2D eigenvalue weighted by Crippen LogP contribution is -1.95. The Balaban J connectivity index is 2.34. The Hall–Kier alpha value is -1.57. The van der Waals surface area contributed by atoms with Gasteiger partial charge in [-0.1, -0.05) is 33.6 Å². The third-order valence-corrected chi connectivity index (χ3v) is 2.78.